The van der Waals surface area contributed by atoms with Gasteiger partial charge in [-0.15, -0.1) is 0 Å². The van der Waals surface area contributed by atoms with E-state index < -0.39 is 0 Å². The quantitative estimate of drug-likeness (QED) is 0.515. The second kappa shape index (κ2) is 6.78. The fourth-order valence-corrected chi connectivity index (χ4v) is 3.64. The first-order chi connectivity index (χ1) is 12.4. The number of aromatic amines is 1. The van der Waals surface area contributed by atoms with Crippen LogP contribution in [0.25, 0.3) is 0 Å². The summed E-state index contributed by atoms with van der Waals surface area (Å²) in [5, 5.41) is 0. The summed E-state index contributed by atoms with van der Waals surface area (Å²) >= 11 is 0. The molecule has 122 valence electrons. The number of hydrogen-bond acceptors (Lipinski definition) is 1. The molecule has 4 rings (SSSR count). The molecule has 1 heterocycles. The molecular weight excluding hydrogens is 304 g/mol. The van der Waals surface area contributed by atoms with Crippen molar-refractivity contribution in [2.75, 3.05) is 0 Å². The molecule has 0 atom stereocenters. The van der Waals surface area contributed by atoms with E-state index in [2.05, 4.69) is 101 Å². The van der Waals surface area contributed by atoms with E-state index in [0.29, 0.717) is 0 Å². The molecule has 0 aliphatic carbocycles. The molecule has 2 nitrogen and oxygen atoms in total. The van der Waals surface area contributed by atoms with Gasteiger partial charge in [-0.25, -0.2) is 4.98 Å². The van der Waals surface area contributed by atoms with E-state index in [1.165, 1.54) is 16.7 Å². The second-order valence-corrected chi connectivity index (χ2v) is 6.26. The lowest BCUT2D eigenvalue weighted by Crippen LogP contribution is -2.32. The average Bonchev–Trinajstić information content (AvgIpc) is 3.21. The first kappa shape index (κ1) is 15.4. The van der Waals surface area contributed by atoms with E-state index in [1.807, 2.05) is 6.20 Å². The van der Waals surface area contributed by atoms with Gasteiger partial charge in [-0.05, 0) is 16.7 Å². The maximum Gasteiger partial charge on any atom is 0.0921 e. The van der Waals surface area contributed by atoms with Gasteiger partial charge in [0.15, 0.2) is 0 Å². The van der Waals surface area contributed by atoms with E-state index in [0.717, 1.165) is 12.1 Å². The van der Waals surface area contributed by atoms with Gasteiger partial charge in [0.05, 0.1) is 11.7 Å². The van der Waals surface area contributed by atoms with Crippen LogP contribution in [-0.4, -0.2) is 9.97 Å². The molecule has 2 heteroatoms. The monoisotopic (exact) mass is 324 g/mol. The Kier molecular flexibility index (Phi) is 4.17. The normalized spacial score (nSPS) is 11.4. The van der Waals surface area contributed by atoms with Gasteiger partial charge >= 0.3 is 0 Å². The number of hydrogen-bond donors (Lipinski definition) is 1. The molecule has 0 radical (unpaired) electrons. The van der Waals surface area contributed by atoms with E-state index in [4.69, 9.17) is 0 Å². The van der Waals surface area contributed by atoms with E-state index in [1.54, 1.807) is 6.33 Å². The summed E-state index contributed by atoms with van der Waals surface area (Å²) in [6.45, 7) is 0. The maximum atomic E-state index is 4.23. The number of H-pyrrole nitrogens is 1. The predicted molar refractivity (Wildman–Crippen MR) is 101 cm³/mol. The van der Waals surface area contributed by atoms with Crippen LogP contribution in [0.4, 0.5) is 0 Å². The smallest absolute Gasteiger partial charge is 0.0921 e. The van der Waals surface area contributed by atoms with E-state index >= 15 is 0 Å². The topological polar surface area (TPSA) is 28.7 Å². The van der Waals surface area contributed by atoms with Gasteiger partial charge in [0.2, 0.25) is 0 Å². The number of benzene rings is 3. The number of imidazole rings is 1. The minimum absolute atomic E-state index is 0.268. The fourth-order valence-electron chi connectivity index (χ4n) is 3.64. The fraction of sp³-hybridized carbons (Fsp3) is 0.0870. The van der Waals surface area contributed by atoms with Gasteiger partial charge in [0, 0.05) is 18.3 Å². The molecule has 0 fully saturated rings. The lowest BCUT2D eigenvalue weighted by molar-refractivity contribution is 0.604. The third-order valence-electron chi connectivity index (χ3n) is 4.81. The zero-order valence-corrected chi connectivity index (χ0v) is 14.0. The third-order valence-corrected chi connectivity index (χ3v) is 4.81. The lowest BCUT2D eigenvalue weighted by atomic mass is 9.67. The van der Waals surface area contributed by atoms with Crippen LogP contribution in [0.5, 0.6) is 0 Å². The van der Waals surface area contributed by atoms with Crippen molar-refractivity contribution in [2.24, 2.45) is 0 Å². The van der Waals surface area contributed by atoms with Crippen LogP contribution in [0.15, 0.2) is 104 Å². The predicted octanol–water partition coefficient (Wildman–Crippen LogP) is 4.99. The van der Waals surface area contributed by atoms with Crippen LogP contribution in [0, 0.1) is 0 Å². The standard InChI is InChI=1S/C23H20N2/c1-4-10-19(11-5-1)23(16-22-17-24-18-25-22,20-12-6-2-7-13-20)21-14-8-3-9-15-21/h1-15,17-18H,16H2,(H,24,25). The zero-order chi connectivity index (χ0) is 17.0. The van der Waals surface area contributed by atoms with E-state index in [-0.39, 0.29) is 5.41 Å². The van der Waals surface area contributed by atoms with E-state index in [9.17, 15) is 0 Å². The van der Waals surface area contributed by atoms with Gasteiger partial charge < -0.3 is 4.98 Å². The van der Waals surface area contributed by atoms with Crippen molar-refractivity contribution in [3.05, 3.63) is 126 Å². The SMILES string of the molecule is c1ccc(C(Cc2cnc[nH]2)(c2ccccc2)c2ccccc2)cc1. The van der Waals surface area contributed by atoms with Crippen LogP contribution < -0.4 is 0 Å². The number of nitrogens with one attached hydrogen (secondary N) is 1. The number of aromatic nitrogens is 2. The summed E-state index contributed by atoms with van der Waals surface area (Å²) < 4.78 is 0. The molecule has 1 aromatic heterocycles. The van der Waals surface area contributed by atoms with Crippen molar-refractivity contribution in [1.82, 2.24) is 9.97 Å². The summed E-state index contributed by atoms with van der Waals surface area (Å²) in [6.07, 6.45) is 4.50. The molecule has 0 saturated heterocycles. The minimum Gasteiger partial charge on any atom is -0.348 e. The Balaban J connectivity index is 2.01. The molecule has 1 N–H and O–H groups in total. The highest BCUT2D eigenvalue weighted by atomic mass is 14.9. The van der Waals surface area contributed by atoms with Crippen molar-refractivity contribution in [3.63, 3.8) is 0 Å². The van der Waals surface area contributed by atoms with Crippen molar-refractivity contribution in [3.8, 4) is 0 Å². The Morgan fingerprint density at radius 3 is 1.44 bits per heavy atom. The van der Waals surface area contributed by atoms with Crippen LogP contribution >= 0.6 is 0 Å². The lowest BCUT2D eigenvalue weighted by Gasteiger charge is -2.35. The first-order valence-electron chi connectivity index (χ1n) is 8.53. The van der Waals surface area contributed by atoms with Gasteiger partial charge in [-0.1, -0.05) is 91.0 Å². The van der Waals surface area contributed by atoms with Gasteiger partial charge in [0.25, 0.3) is 0 Å². The average molecular weight is 324 g/mol. The van der Waals surface area contributed by atoms with Crippen molar-refractivity contribution < 1.29 is 0 Å². The van der Waals surface area contributed by atoms with Gasteiger partial charge in [-0.2, -0.15) is 0 Å². The van der Waals surface area contributed by atoms with Crippen molar-refractivity contribution >= 4 is 0 Å². The molecule has 0 unspecified atom stereocenters. The summed E-state index contributed by atoms with van der Waals surface area (Å²) in [7, 11) is 0. The Morgan fingerprint density at radius 2 is 1.08 bits per heavy atom. The molecule has 3 aromatic carbocycles. The van der Waals surface area contributed by atoms with Crippen molar-refractivity contribution in [2.45, 2.75) is 11.8 Å². The molecule has 0 aliphatic heterocycles. The highest BCUT2D eigenvalue weighted by Gasteiger charge is 2.36. The summed E-state index contributed by atoms with van der Waals surface area (Å²) in [5.41, 5.74) is 4.69. The molecule has 0 saturated carbocycles. The molecule has 0 aliphatic rings. The first-order valence-corrected chi connectivity index (χ1v) is 8.53. The largest absolute Gasteiger partial charge is 0.348 e. The Bertz CT molecular complexity index is 802. The molecule has 4 aromatic rings. The Morgan fingerprint density at radius 1 is 0.640 bits per heavy atom. The number of nitrogens with zero attached hydrogens (tertiary/aromatic N) is 1. The second-order valence-electron chi connectivity index (χ2n) is 6.26. The number of rotatable bonds is 5. The van der Waals surface area contributed by atoms with Crippen LogP contribution in [0.3, 0.4) is 0 Å². The van der Waals surface area contributed by atoms with Gasteiger partial charge in [-0.3, -0.25) is 0 Å². The highest BCUT2D eigenvalue weighted by molar-refractivity contribution is 5.51. The Labute approximate surface area is 148 Å². The summed E-state index contributed by atoms with van der Waals surface area (Å²) in [6, 6.07) is 32.2. The minimum atomic E-state index is -0.268. The molecule has 25 heavy (non-hydrogen) atoms. The van der Waals surface area contributed by atoms with Crippen LogP contribution in [0.2, 0.25) is 0 Å². The van der Waals surface area contributed by atoms with Gasteiger partial charge in [0.1, 0.15) is 0 Å². The van der Waals surface area contributed by atoms with Crippen LogP contribution in [0.1, 0.15) is 22.4 Å². The summed E-state index contributed by atoms with van der Waals surface area (Å²) in [4.78, 5) is 7.52. The molecule has 0 bridgehead atoms. The third kappa shape index (κ3) is 2.87. The van der Waals surface area contributed by atoms with Crippen LogP contribution in [-0.2, 0) is 11.8 Å². The summed E-state index contributed by atoms with van der Waals surface area (Å²) in [5.74, 6) is 0. The molecular formula is C23H20N2. The zero-order valence-electron chi connectivity index (χ0n) is 14.0. The molecule has 0 amide bonds. The van der Waals surface area contributed by atoms with Crippen molar-refractivity contribution in [1.29, 1.82) is 0 Å². The maximum absolute atomic E-state index is 4.23. The molecule has 0 spiro atoms. The highest BCUT2D eigenvalue weighted by Crippen LogP contribution is 2.41. The Hall–Kier alpha value is -3.13.